The van der Waals surface area contributed by atoms with Crippen LogP contribution in [0.1, 0.15) is 43.1 Å². The third-order valence-corrected chi connectivity index (χ3v) is 5.59. The zero-order valence-corrected chi connectivity index (χ0v) is 19.6. The zero-order chi connectivity index (χ0) is 23.8. The molecule has 6 nitrogen and oxygen atoms in total. The summed E-state index contributed by atoms with van der Waals surface area (Å²) in [6, 6.07) is 15.3. The highest BCUT2D eigenvalue weighted by Crippen LogP contribution is 2.25. The second-order valence-electron chi connectivity index (χ2n) is 9.38. The van der Waals surface area contributed by atoms with Gasteiger partial charge in [0.15, 0.2) is 5.78 Å². The summed E-state index contributed by atoms with van der Waals surface area (Å²) in [7, 11) is 0. The fourth-order valence-corrected chi connectivity index (χ4v) is 3.66. The Bertz CT molecular complexity index is 906. The Balaban J connectivity index is 1.46. The molecule has 0 radical (unpaired) electrons. The van der Waals surface area contributed by atoms with Crippen LogP contribution in [0.4, 0.5) is 9.18 Å². The van der Waals surface area contributed by atoms with Gasteiger partial charge in [-0.2, -0.15) is 0 Å². The van der Waals surface area contributed by atoms with Crippen LogP contribution in [0.2, 0.25) is 0 Å². The molecule has 1 heterocycles. The zero-order valence-electron chi connectivity index (χ0n) is 19.6. The third kappa shape index (κ3) is 7.94. The van der Waals surface area contributed by atoms with E-state index < -0.39 is 6.09 Å². The molecule has 0 aliphatic carbocycles. The van der Waals surface area contributed by atoms with Crippen molar-refractivity contribution in [1.82, 2.24) is 10.2 Å². The Morgan fingerprint density at radius 1 is 1.09 bits per heavy atom. The monoisotopic (exact) mass is 456 g/mol. The van der Waals surface area contributed by atoms with Crippen LogP contribution in [0, 0.1) is 11.7 Å². The first-order valence-corrected chi connectivity index (χ1v) is 11.3. The highest BCUT2D eigenvalue weighted by Gasteiger charge is 2.37. The van der Waals surface area contributed by atoms with Crippen molar-refractivity contribution >= 4 is 11.9 Å². The number of amides is 1. The topological polar surface area (TPSA) is 67.9 Å². The minimum absolute atomic E-state index is 0.0318. The van der Waals surface area contributed by atoms with E-state index in [9.17, 15) is 14.0 Å². The van der Waals surface area contributed by atoms with E-state index >= 15 is 0 Å². The molecule has 178 valence electrons. The first-order valence-electron chi connectivity index (χ1n) is 11.3. The minimum Gasteiger partial charge on any atom is -0.445 e. The summed E-state index contributed by atoms with van der Waals surface area (Å²) < 4.78 is 24.4. The largest absolute Gasteiger partial charge is 0.445 e. The Labute approximate surface area is 195 Å². The fraction of sp³-hybridized carbons (Fsp3) is 0.462. The molecule has 3 rings (SSSR count). The van der Waals surface area contributed by atoms with Gasteiger partial charge < -0.3 is 14.8 Å². The van der Waals surface area contributed by atoms with E-state index in [-0.39, 0.29) is 35.8 Å². The molecule has 1 aliphatic rings. The van der Waals surface area contributed by atoms with E-state index in [1.165, 1.54) is 24.3 Å². The Morgan fingerprint density at radius 3 is 2.39 bits per heavy atom. The Hall–Kier alpha value is -2.77. The van der Waals surface area contributed by atoms with Crippen molar-refractivity contribution in [2.75, 3.05) is 26.2 Å². The highest BCUT2D eigenvalue weighted by atomic mass is 19.1. The predicted octanol–water partition coefficient (Wildman–Crippen LogP) is 4.44. The van der Waals surface area contributed by atoms with Crippen LogP contribution >= 0.6 is 0 Å². The second kappa shape index (κ2) is 11.4. The lowest BCUT2D eigenvalue weighted by Crippen LogP contribution is -2.57. The number of rotatable bonds is 10. The van der Waals surface area contributed by atoms with Crippen LogP contribution in [-0.2, 0) is 16.1 Å². The molecule has 2 aromatic rings. The average Bonchev–Trinajstić information content (AvgIpc) is 2.75. The molecule has 0 saturated carbocycles. The van der Waals surface area contributed by atoms with E-state index in [2.05, 4.69) is 10.2 Å². The quantitative estimate of drug-likeness (QED) is 0.536. The van der Waals surface area contributed by atoms with Crippen LogP contribution in [-0.4, -0.2) is 54.7 Å². The maximum Gasteiger partial charge on any atom is 0.407 e. The van der Waals surface area contributed by atoms with Crippen molar-refractivity contribution in [1.29, 1.82) is 0 Å². The van der Waals surface area contributed by atoms with Gasteiger partial charge in [-0.25, -0.2) is 9.18 Å². The number of likely N-dealkylation sites (tertiary alicyclic amines) is 1. The number of carbonyl (C=O) groups is 2. The van der Waals surface area contributed by atoms with Crippen LogP contribution < -0.4 is 5.32 Å². The molecule has 1 saturated heterocycles. The number of nitrogens with one attached hydrogen (secondary N) is 1. The van der Waals surface area contributed by atoms with Crippen molar-refractivity contribution in [3.63, 3.8) is 0 Å². The number of ketones is 1. The number of hydrogen-bond donors (Lipinski definition) is 1. The Kier molecular flexibility index (Phi) is 8.58. The predicted molar refractivity (Wildman–Crippen MR) is 125 cm³/mol. The number of halogens is 1. The van der Waals surface area contributed by atoms with Gasteiger partial charge in [0.1, 0.15) is 12.4 Å². The van der Waals surface area contributed by atoms with Crippen molar-refractivity contribution in [3.05, 3.63) is 71.5 Å². The number of alkyl carbamates (subject to hydrolysis) is 1. The SMILES string of the molecule is CC(C)(C)OC[C@H](CCNC(=O)OCc1ccccc1)N1CC(C(=O)c2ccc(F)cc2)C1. The van der Waals surface area contributed by atoms with E-state index in [1.54, 1.807) is 0 Å². The molecule has 2 aromatic carbocycles. The molecular formula is C26H33FN2O4. The van der Waals surface area contributed by atoms with Gasteiger partial charge in [-0.15, -0.1) is 0 Å². The van der Waals surface area contributed by atoms with Gasteiger partial charge in [0.25, 0.3) is 0 Å². The molecule has 1 aliphatic heterocycles. The van der Waals surface area contributed by atoms with Crippen LogP contribution in [0.25, 0.3) is 0 Å². The van der Waals surface area contributed by atoms with Gasteiger partial charge in [0.05, 0.1) is 12.2 Å². The lowest BCUT2D eigenvalue weighted by molar-refractivity contribution is -0.0558. The lowest BCUT2D eigenvalue weighted by Gasteiger charge is -2.44. The van der Waals surface area contributed by atoms with Gasteiger partial charge in [0.2, 0.25) is 0 Å². The second-order valence-corrected chi connectivity index (χ2v) is 9.38. The van der Waals surface area contributed by atoms with Crippen LogP contribution in [0.15, 0.2) is 54.6 Å². The molecule has 1 amide bonds. The number of Topliss-reactive ketones (excluding diaryl/α,β-unsaturated/α-hetero) is 1. The molecule has 0 bridgehead atoms. The number of hydrogen-bond acceptors (Lipinski definition) is 5. The van der Waals surface area contributed by atoms with Gasteiger partial charge in [0, 0.05) is 37.2 Å². The van der Waals surface area contributed by atoms with Crippen molar-refractivity contribution in [2.24, 2.45) is 5.92 Å². The number of nitrogens with zero attached hydrogens (tertiary/aromatic N) is 1. The van der Waals surface area contributed by atoms with E-state index in [1.807, 2.05) is 51.1 Å². The molecule has 1 atom stereocenters. The Morgan fingerprint density at radius 2 is 1.76 bits per heavy atom. The smallest absolute Gasteiger partial charge is 0.407 e. The number of benzene rings is 2. The molecule has 0 aromatic heterocycles. The van der Waals surface area contributed by atoms with Crippen molar-refractivity contribution in [3.8, 4) is 0 Å². The van der Waals surface area contributed by atoms with Gasteiger partial charge in [-0.05, 0) is 57.0 Å². The molecule has 1 fully saturated rings. The summed E-state index contributed by atoms with van der Waals surface area (Å²) in [6.07, 6.45) is 0.218. The van der Waals surface area contributed by atoms with Gasteiger partial charge >= 0.3 is 6.09 Å². The molecule has 7 heteroatoms. The maximum absolute atomic E-state index is 13.1. The summed E-state index contributed by atoms with van der Waals surface area (Å²) in [5.74, 6) is -0.434. The molecule has 0 spiro atoms. The van der Waals surface area contributed by atoms with Crippen LogP contribution in [0.3, 0.4) is 0 Å². The molecule has 0 unspecified atom stereocenters. The molecular weight excluding hydrogens is 423 g/mol. The fourth-order valence-electron chi connectivity index (χ4n) is 3.66. The number of ether oxygens (including phenoxy) is 2. The van der Waals surface area contributed by atoms with E-state index in [4.69, 9.17) is 9.47 Å². The maximum atomic E-state index is 13.1. The highest BCUT2D eigenvalue weighted by molar-refractivity contribution is 5.98. The summed E-state index contributed by atoms with van der Waals surface area (Å²) in [4.78, 5) is 26.9. The van der Waals surface area contributed by atoms with Gasteiger partial charge in [-0.3, -0.25) is 9.69 Å². The molecule has 33 heavy (non-hydrogen) atoms. The van der Waals surface area contributed by atoms with E-state index in [0.29, 0.717) is 38.2 Å². The van der Waals surface area contributed by atoms with Gasteiger partial charge in [-0.1, -0.05) is 30.3 Å². The van der Waals surface area contributed by atoms with E-state index in [0.717, 1.165) is 5.56 Å². The summed E-state index contributed by atoms with van der Waals surface area (Å²) >= 11 is 0. The summed E-state index contributed by atoms with van der Waals surface area (Å²) in [5.41, 5.74) is 1.18. The summed E-state index contributed by atoms with van der Waals surface area (Å²) in [5, 5.41) is 2.80. The van der Waals surface area contributed by atoms with Crippen molar-refractivity contribution in [2.45, 2.75) is 45.4 Å². The standard InChI is InChI=1S/C26H33FN2O4/c1-26(2,3)33-18-23(13-14-28-25(31)32-17-19-7-5-4-6-8-19)29-15-21(16-29)24(30)20-9-11-22(27)12-10-20/h4-12,21,23H,13-18H2,1-3H3,(H,28,31)/t23-/m0/s1. The van der Waals surface area contributed by atoms with Crippen molar-refractivity contribution < 1.29 is 23.5 Å². The third-order valence-electron chi connectivity index (χ3n) is 5.59. The lowest BCUT2D eigenvalue weighted by atomic mass is 9.89. The average molecular weight is 457 g/mol. The summed E-state index contributed by atoms with van der Waals surface area (Å²) in [6.45, 7) is 8.41. The molecule has 1 N–H and O–H groups in total. The normalized spacial score (nSPS) is 15.5. The number of carbonyl (C=O) groups excluding carboxylic acids is 2. The first-order chi connectivity index (χ1) is 15.7. The van der Waals surface area contributed by atoms with Crippen LogP contribution in [0.5, 0.6) is 0 Å². The first kappa shape index (κ1) is 24.9. The minimum atomic E-state index is -0.456.